The molecule has 0 rings (SSSR count). The third-order valence-corrected chi connectivity index (χ3v) is 2.63. The van der Waals surface area contributed by atoms with E-state index >= 15 is 0 Å². The molecule has 0 saturated heterocycles. The van der Waals surface area contributed by atoms with E-state index in [0.717, 1.165) is 13.2 Å². The molecule has 0 aromatic heterocycles. The van der Waals surface area contributed by atoms with Crippen LogP contribution in [-0.2, 0) is 4.74 Å². The average Bonchev–Trinajstić information content (AvgIpc) is 2.14. The lowest BCUT2D eigenvalue weighted by molar-refractivity contribution is 0.0210. The molecule has 0 aromatic carbocycles. The van der Waals surface area contributed by atoms with E-state index < -0.39 is 0 Å². The van der Waals surface area contributed by atoms with Crippen molar-refractivity contribution < 1.29 is 4.74 Å². The van der Waals surface area contributed by atoms with Crippen molar-refractivity contribution in [2.24, 2.45) is 5.92 Å². The third kappa shape index (κ3) is 6.39. The molecule has 1 N–H and O–H groups in total. The standard InChI is InChI=1S/C12H27NO/c1-6-8-12(13-7-2)9-14-11(5)10(3)4/h10-13H,6-9H2,1-5H3. The second-order valence-electron chi connectivity index (χ2n) is 4.33. The number of hydrogen-bond donors (Lipinski definition) is 1. The van der Waals surface area contributed by atoms with E-state index in [-0.39, 0.29) is 0 Å². The number of nitrogens with one attached hydrogen (secondary N) is 1. The minimum Gasteiger partial charge on any atom is -0.377 e. The number of hydrogen-bond acceptors (Lipinski definition) is 2. The van der Waals surface area contributed by atoms with Crippen molar-refractivity contribution in [1.82, 2.24) is 5.32 Å². The highest BCUT2D eigenvalue weighted by Crippen LogP contribution is 2.07. The summed E-state index contributed by atoms with van der Waals surface area (Å²) in [5, 5.41) is 3.45. The molecule has 2 heteroatoms. The summed E-state index contributed by atoms with van der Waals surface area (Å²) >= 11 is 0. The Hall–Kier alpha value is -0.0800. The first-order valence-corrected chi connectivity index (χ1v) is 5.96. The second kappa shape index (κ2) is 8.25. The first-order chi connectivity index (χ1) is 6.61. The van der Waals surface area contributed by atoms with Crippen LogP contribution >= 0.6 is 0 Å². The zero-order valence-electron chi connectivity index (χ0n) is 10.5. The Morgan fingerprint density at radius 2 is 1.79 bits per heavy atom. The summed E-state index contributed by atoms with van der Waals surface area (Å²) in [6.07, 6.45) is 2.79. The molecule has 0 aliphatic rings. The first-order valence-electron chi connectivity index (χ1n) is 5.96. The van der Waals surface area contributed by atoms with Gasteiger partial charge in [-0.2, -0.15) is 0 Å². The van der Waals surface area contributed by atoms with E-state index in [0.29, 0.717) is 18.1 Å². The largest absolute Gasteiger partial charge is 0.377 e. The predicted octanol–water partition coefficient (Wildman–Crippen LogP) is 2.83. The Kier molecular flexibility index (Phi) is 8.20. The zero-order valence-corrected chi connectivity index (χ0v) is 10.5. The summed E-state index contributed by atoms with van der Waals surface area (Å²) in [5.74, 6) is 0.610. The Labute approximate surface area is 89.4 Å². The van der Waals surface area contributed by atoms with Crippen LogP contribution in [-0.4, -0.2) is 25.3 Å². The van der Waals surface area contributed by atoms with Gasteiger partial charge in [0.15, 0.2) is 0 Å². The van der Waals surface area contributed by atoms with Crippen LogP contribution in [0.5, 0.6) is 0 Å². The highest BCUT2D eigenvalue weighted by molar-refractivity contribution is 4.66. The summed E-state index contributed by atoms with van der Waals surface area (Å²) in [7, 11) is 0. The van der Waals surface area contributed by atoms with Crippen LogP contribution in [0.3, 0.4) is 0 Å². The molecule has 0 fully saturated rings. The summed E-state index contributed by atoms with van der Waals surface area (Å²) in [5.41, 5.74) is 0. The Bertz CT molecular complexity index is 119. The Morgan fingerprint density at radius 3 is 2.21 bits per heavy atom. The fraction of sp³-hybridized carbons (Fsp3) is 1.00. The third-order valence-electron chi connectivity index (χ3n) is 2.63. The molecule has 2 atom stereocenters. The van der Waals surface area contributed by atoms with Gasteiger partial charge in [0.2, 0.25) is 0 Å². The molecule has 2 nitrogen and oxygen atoms in total. The van der Waals surface area contributed by atoms with Crippen molar-refractivity contribution in [3.63, 3.8) is 0 Å². The first kappa shape index (κ1) is 13.9. The Balaban J connectivity index is 3.68. The van der Waals surface area contributed by atoms with Crippen molar-refractivity contribution in [3.8, 4) is 0 Å². The van der Waals surface area contributed by atoms with E-state index in [9.17, 15) is 0 Å². The van der Waals surface area contributed by atoms with Crippen LogP contribution in [0.25, 0.3) is 0 Å². The SMILES string of the molecule is CCCC(COC(C)C(C)C)NCC. The molecule has 86 valence electrons. The normalized spacial score (nSPS) is 15.9. The summed E-state index contributed by atoms with van der Waals surface area (Å²) in [6.45, 7) is 12.8. The van der Waals surface area contributed by atoms with E-state index in [1.165, 1.54) is 12.8 Å². The molecule has 0 aliphatic carbocycles. The fourth-order valence-corrected chi connectivity index (χ4v) is 1.34. The van der Waals surface area contributed by atoms with Gasteiger partial charge < -0.3 is 10.1 Å². The van der Waals surface area contributed by atoms with Crippen molar-refractivity contribution in [2.75, 3.05) is 13.2 Å². The fourth-order valence-electron chi connectivity index (χ4n) is 1.34. The van der Waals surface area contributed by atoms with Gasteiger partial charge in [-0.25, -0.2) is 0 Å². The van der Waals surface area contributed by atoms with Crippen LogP contribution in [0.15, 0.2) is 0 Å². The summed E-state index contributed by atoms with van der Waals surface area (Å²) < 4.78 is 5.81. The van der Waals surface area contributed by atoms with Crippen LogP contribution in [0.4, 0.5) is 0 Å². The van der Waals surface area contributed by atoms with Crippen LogP contribution in [0, 0.1) is 5.92 Å². The molecule has 0 saturated carbocycles. The lowest BCUT2D eigenvalue weighted by Crippen LogP contribution is -2.35. The second-order valence-corrected chi connectivity index (χ2v) is 4.33. The molecule has 0 aliphatic heterocycles. The van der Waals surface area contributed by atoms with Crippen molar-refractivity contribution in [3.05, 3.63) is 0 Å². The van der Waals surface area contributed by atoms with E-state index in [2.05, 4.69) is 39.9 Å². The highest BCUT2D eigenvalue weighted by Gasteiger charge is 2.11. The quantitative estimate of drug-likeness (QED) is 0.652. The van der Waals surface area contributed by atoms with Crippen LogP contribution in [0.2, 0.25) is 0 Å². The van der Waals surface area contributed by atoms with Gasteiger partial charge in [0, 0.05) is 6.04 Å². The molecule has 0 radical (unpaired) electrons. The minimum absolute atomic E-state index is 0.369. The maximum Gasteiger partial charge on any atom is 0.0623 e. The number of ether oxygens (including phenoxy) is 1. The molecule has 0 bridgehead atoms. The minimum atomic E-state index is 0.369. The van der Waals surface area contributed by atoms with E-state index in [1.54, 1.807) is 0 Å². The average molecular weight is 201 g/mol. The number of rotatable bonds is 8. The van der Waals surface area contributed by atoms with E-state index in [1.807, 2.05) is 0 Å². The van der Waals surface area contributed by atoms with Gasteiger partial charge in [-0.3, -0.25) is 0 Å². The van der Waals surface area contributed by atoms with Crippen molar-refractivity contribution >= 4 is 0 Å². The zero-order chi connectivity index (χ0) is 11.0. The van der Waals surface area contributed by atoms with Gasteiger partial charge >= 0.3 is 0 Å². The smallest absolute Gasteiger partial charge is 0.0623 e. The van der Waals surface area contributed by atoms with E-state index in [4.69, 9.17) is 4.74 Å². The molecule has 0 heterocycles. The van der Waals surface area contributed by atoms with Gasteiger partial charge in [-0.15, -0.1) is 0 Å². The van der Waals surface area contributed by atoms with Gasteiger partial charge in [-0.05, 0) is 25.8 Å². The predicted molar refractivity (Wildman–Crippen MR) is 62.6 cm³/mol. The van der Waals surface area contributed by atoms with Gasteiger partial charge in [-0.1, -0.05) is 34.1 Å². The molecule has 0 aromatic rings. The number of likely N-dealkylation sites (N-methyl/N-ethyl adjacent to an activating group) is 1. The van der Waals surface area contributed by atoms with Crippen LogP contribution < -0.4 is 5.32 Å². The van der Waals surface area contributed by atoms with Crippen molar-refractivity contribution in [1.29, 1.82) is 0 Å². The maximum absolute atomic E-state index is 5.81. The van der Waals surface area contributed by atoms with Gasteiger partial charge in [0.25, 0.3) is 0 Å². The molecular weight excluding hydrogens is 174 g/mol. The topological polar surface area (TPSA) is 21.3 Å². The molecule has 14 heavy (non-hydrogen) atoms. The van der Waals surface area contributed by atoms with Gasteiger partial charge in [0.05, 0.1) is 12.7 Å². The molecular formula is C12H27NO. The summed E-state index contributed by atoms with van der Waals surface area (Å²) in [6, 6.07) is 0.534. The van der Waals surface area contributed by atoms with Crippen molar-refractivity contribution in [2.45, 2.75) is 59.6 Å². The summed E-state index contributed by atoms with van der Waals surface area (Å²) in [4.78, 5) is 0. The van der Waals surface area contributed by atoms with Gasteiger partial charge in [0.1, 0.15) is 0 Å². The lowest BCUT2D eigenvalue weighted by Gasteiger charge is -2.22. The monoisotopic (exact) mass is 201 g/mol. The molecule has 2 unspecified atom stereocenters. The molecule has 0 spiro atoms. The lowest BCUT2D eigenvalue weighted by atomic mass is 10.1. The Morgan fingerprint density at radius 1 is 1.14 bits per heavy atom. The van der Waals surface area contributed by atoms with Crippen LogP contribution in [0.1, 0.15) is 47.5 Å². The highest BCUT2D eigenvalue weighted by atomic mass is 16.5. The maximum atomic E-state index is 5.81. The molecule has 0 amide bonds.